The van der Waals surface area contributed by atoms with E-state index in [1.807, 2.05) is 33.8 Å². The molecule has 136 valence electrons. The maximum absolute atomic E-state index is 12.4. The summed E-state index contributed by atoms with van der Waals surface area (Å²) in [6.45, 7) is 9.75. The van der Waals surface area contributed by atoms with E-state index < -0.39 is 10.1 Å². The van der Waals surface area contributed by atoms with Crippen LogP contribution >= 0.6 is 0 Å². The minimum Gasteiger partial charge on any atom is -0.382 e. The Morgan fingerprint density at radius 3 is 2.46 bits per heavy atom. The van der Waals surface area contributed by atoms with Crippen LogP contribution in [0.1, 0.15) is 46.6 Å². The molecule has 0 fully saturated rings. The van der Waals surface area contributed by atoms with Gasteiger partial charge < -0.3 is 14.4 Å². The van der Waals surface area contributed by atoms with Crippen LogP contribution in [0, 0.1) is 0 Å². The molecule has 0 unspecified atom stereocenters. The molecule has 0 radical (unpaired) electrons. The Bertz CT molecular complexity index is 644. The van der Waals surface area contributed by atoms with E-state index in [-0.39, 0.29) is 29.6 Å². The number of benzene rings is 1. The first-order chi connectivity index (χ1) is 11.2. The first-order valence-electron chi connectivity index (χ1n) is 8.26. The zero-order valence-corrected chi connectivity index (χ0v) is 15.9. The molecule has 0 saturated heterocycles. The summed E-state index contributed by atoms with van der Waals surface area (Å²) >= 11 is 0. The van der Waals surface area contributed by atoms with Gasteiger partial charge >= 0.3 is 16.1 Å². The van der Waals surface area contributed by atoms with Crippen molar-refractivity contribution in [3.63, 3.8) is 0 Å². The predicted molar refractivity (Wildman–Crippen MR) is 95.5 cm³/mol. The molecular weight excluding hydrogens is 328 g/mol. The van der Waals surface area contributed by atoms with Crippen LogP contribution in [-0.2, 0) is 16.7 Å². The molecule has 0 saturated carbocycles. The predicted octanol–water partition coefficient (Wildman–Crippen LogP) is 3.13. The lowest BCUT2D eigenvalue weighted by Crippen LogP contribution is -2.46. The van der Waals surface area contributed by atoms with Crippen molar-refractivity contribution in [3.8, 4) is 5.75 Å². The highest BCUT2D eigenvalue weighted by atomic mass is 32.2. The van der Waals surface area contributed by atoms with Crippen LogP contribution in [0.15, 0.2) is 24.3 Å². The van der Waals surface area contributed by atoms with Crippen LogP contribution in [0.3, 0.4) is 0 Å². The van der Waals surface area contributed by atoms with Gasteiger partial charge in [0.2, 0.25) is 0 Å². The molecule has 0 aromatic heterocycles. The highest BCUT2D eigenvalue weighted by molar-refractivity contribution is 7.87. The van der Waals surface area contributed by atoms with E-state index in [0.29, 0.717) is 6.54 Å². The van der Waals surface area contributed by atoms with Crippen LogP contribution in [0.2, 0.25) is 0 Å². The molecule has 0 aliphatic heterocycles. The van der Waals surface area contributed by atoms with Crippen molar-refractivity contribution in [2.24, 2.45) is 0 Å². The number of carbonyl (C=O) groups is 1. The van der Waals surface area contributed by atoms with Gasteiger partial charge in [0.1, 0.15) is 5.75 Å². The van der Waals surface area contributed by atoms with Crippen LogP contribution in [-0.4, -0.2) is 37.2 Å². The molecule has 1 aromatic rings. The zero-order valence-electron chi connectivity index (χ0n) is 15.1. The fourth-order valence-corrected chi connectivity index (χ4v) is 2.59. The molecule has 0 spiro atoms. The second-order valence-corrected chi connectivity index (χ2v) is 7.93. The second kappa shape index (κ2) is 8.92. The van der Waals surface area contributed by atoms with E-state index in [9.17, 15) is 13.2 Å². The van der Waals surface area contributed by atoms with Crippen LogP contribution in [0.25, 0.3) is 0 Å². The summed E-state index contributed by atoms with van der Waals surface area (Å²) in [4.78, 5) is 14.1. The number of urea groups is 1. The molecule has 0 bridgehead atoms. The second-order valence-electron chi connectivity index (χ2n) is 6.07. The number of nitrogens with one attached hydrogen (secondary N) is 1. The minimum atomic E-state index is -3.56. The van der Waals surface area contributed by atoms with Crippen molar-refractivity contribution < 1.29 is 17.4 Å². The first kappa shape index (κ1) is 20.3. The third kappa shape index (κ3) is 6.39. The summed E-state index contributed by atoms with van der Waals surface area (Å²) in [5, 5.41) is 2.90. The monoisotopic (exact) mass is 356 g/mol. The average molecular weight is 356 g/mol. The highest BCUT2D eigenvalue weighted by Crippen LogP contribution is 2.18. The van der Waals surface area contributed by atoms with Crippen LogP contribution in [0.5, 0.6) is 5.75 Å². The smallest absolute Gasteiger partial charge is 0.318 e. The molecule has 0 heterocycles. The van der Waals surface area contributed by atoms with E-state index in [4.69, 9.17) is 4.18 Å². The summed E-state index contributed by atoms with van der Waals surface area (Å²) in [5.41, 5.74) is 0.818. The largest absolute Gasteiger partial charge is 0.382 e. The van der Waals surface area contributed by atoms with Gasteiger partial charge in [-0.1, -0.05) is 19.1 Å². The summed E-state index contributed by atoms with van der Waals surface area (Å²) in [7, 11) is -3.56. The molecule has 1 atom stereocenters. The number of hydrogen-bond acceptors (Lipinski definition) is 4. The summed E-state index contributed by atoms with van der Waals surface area (Å²) in [5.74, 6) is 0.176. The van der Waals surface area contributed by atoms with Crippen molar-refractivity contribution in [2.45, 2.75) is 59.7 Å². The van der Waals surface area contributed by atoms with Gasteiger partial charge in [-0.05, 0) is 51.8 Å². The van der Waals surface area contributed by atoms with Gasteiger partial charge in [-0.3, -0.25) is 0 Å². The van der Waals surface area contributed by atoms with Gasteiger partial charge in [0.25, 0.3) is 0 Å². The van der Waals surface area contributed by atoms with Gasteiger partial charge in [0, 0.05) is 18.6 Å². The summed E-state index contributed by atoms with van der Waals surface area (Å²) in [6, 6.07) is 6.81. The third-order valence-electron chi connectivity index (χ3n) is 3.62. The van der Waals surface area contributed by atoms with Crippen molar-refractivity contribution >= 4 is 16.1 Å². The number of rotatable bonds is 8. The molecular formula is C17H28N2O4S. The normalized spacial score (nSPS) is 12.8. The molecule has 0 aliphatic carbocycles. The lowest BCUT2D eigenvalue weighted by atomic mass is 10.1. The average Bonchev–Trinajstić information content (AvgIpc) is 2.51. The lowest BCUT2D eigenvalue weighted by molar-refractivity contribution is 0.171. The third-order valence-corrected chi connectivity index (χ3v) is 4.78. The van der Waals surface area contributed by atoms with E-state index in [1.165, 1.54) is 6.92 Å². The standard InChI is InChI=1S/C17H28N2O4S/c1-6-14(5)19(17(20)18-13(3)4)12-15-9-8-10-16(11-15)23-24(21,22)7-2/h8-11,13-14H,6-7,12H2,1-5H3,(H,18,20)/t14-/m1/s1. The maximum atomic E-state index is 12.4. The van der Waals surface area contributed by atoms with Gasteiger partial charge in [-0.15, -0.1) is 0 Å². The molecule has 1 aromatic carbocycles. The Hall–Kier alpha value is -1.76. The van der Waals surface area contributed by atoms with Crippen LogP contribution in [0.4, 0.5) is 4.79 Å². The Kier molecular flexibility index (Phi) is 7.54. The van der Waals surface area contributed by atoms with E-state index in [1.54, 1.807) is 23.1 Å². The molecule has 0 aliphatic rings. The number of nitrogens with zero attached hydrogens (tertiary/aromatic N) is 1. The SMILES string of the molecule is CC[C@@H](C)N(Cc1cccc(OS(=O)(=O)CC)c1)C(=O)NC(C)C. The lowest BCUT2D eigenvalue weighted by Gasteiger charge is -2.30. The molecule has 7 heteroatoms. The Morgan fingerprint density at radius 1 is 1.25 bits per heavy atom. The first-order valence-corrected chi connectivity index (χ1v) is 9.84. The fourth-order valence-electron chi connectivity index (χ4n) is 2.08. The molecule has 6 nitrogen and oxygen atoms in total. The summed E-state index contributed by atoms with van der Waals surface area (Å²) in [6.07, 6.45) is 0.825. The zero-order chi connectivity index (χ0) is 18.3. The molecule has 1 rings (SSSR count). The number of amides is 2. The van der Waals surface area contributed by atoms with Gasteiger partial charge in [0.05, 0.1) is 5.75 Å². The van der Waals surface area contributed by atoms with Crippen molar-refractivity contribution in [3.05, 3.63) is 29.8 Å². The quantitative estimate of drug-likeness (QED) is 0.726. The topological polar surface area (TPSA) is 75.7 Å². The van der Waals surface area contributed by atoms with Crippen molar-refractivity contribution in [1.29, 1.82) is 0 Å². The summed E-state index contributed by atoms with van der Waals surface area (Å²) < 4.78 is 28.2. The van der Waals surface area contributed by atoms with E-state index in [0.717, 1.165) is 12.0 Å². The van der Waals surface area contributed by atoms with E-state index >= 15 is 0 Å². The molecule has 1 N–H and O–H groups in total. The van der Waals surface area contributed by atoms with Gasteiger partial charge in [0.15, 0.2) is 0 Å². The van der Waals surface area contributed by atoms with E-state index in [2.05, 4.69) is 5.32 Å². The molecule has 2 amide bonds. The number of carbonyl (C=O) groups excluding carboxylic acids is 1. The van der Waals surface area contributed by atoms with Crippen molar-refractivity contribution in [2.75, 3.05) is 5.75 Å². The highest BCUT2D eigenvalue weighted by Gasteiger charge is 2.20. The van der Waals surface area contributed by atoms with Crippen molar-refractivity contribution in [1.82, 2.24) is 10.2 Å². The fraction of sp³-hybridized carbons (Fsp3) is 0.588. The van der Waals surface area contributed by atoms with Gasteiger partial charge in [-0.25, -0.2) is 4.79 Å². The number of hydrogen-bond donors (Lipinski definition) is 1. The van der Waals surface area contributed by atoms with Gasteiger partial charge in [-0.2, -0.15) is 8.42 Å². The maximum Gasteiger partial charge on any atom is 0.318 e. The van der Waals surface area contributed by atoms with Crippen LogP contribution < -0.4 is 9.50 Å². The Labute approximate surface area is 145 Å². The Balaban J connectivity index is 2.96. The molecule has 24 heavy (non-hydrogen) atoms. The minimum absolute atomic E-state index is 0.0495. The Morgan fingerprint density at radius 2 is 1.92 bits per heavy atom.